The number of fused-ring (bicyclic) bond motifs is 1. The molecule has 0 fully saturated rings. The van der Waals surface area contributed by atoms with Crippen LogP contribution in [0.15, 0.2) is 29.4 Å². The monoisotopic (exact) mass is 373 g/mol. The first kappa shape index (κ1) is 18.3. The van der Waals surface area contributed by atoms with Gasteiger partial charge in [-0.3, -0.25) is 4.68 Å². The minimum atomic E-state index is -3.47. The highest BCUT2D eigenvalue weighted by Crippen LogP contribution is 2.31. The summed E-state index contributed by atoms with van der Waals surface area (Å²) in [7, 11) is -1.62. The second-order valence-corrected chi connectivity index (χ2v) is 10.0. The van der Waals surface area contributed by atoms with Gasteiger partial charge in [0.25, 0.3) is 0 Å². The lowest BCUT2D eigenvalue weighted by Gasteiger charge is -2.19. The summed E-state index contributed by atoms with van der Waals surface area (Å²) in [4.78, 5) is 8.83. The highest BCUT2D eigenvalue weighted by atomic mass is 32.2. The van der Waals surface area contributed by atoms with Crippen LogP contribution in [-0.4, -0.2) is 32.9 Å². The highest BCUT2D eigenvalue weighted by Gasteiger charge is 2.31. The molecular formula is C18H23N5O2S. The first-order chi connectivity index (χ1) is 12.0. The van der Waals surface area contributed by atoms with Crippen LogP contribution < -0.4 is 5.32 Å². The van der Waals surface area contributed by atoms with E-state index >= 15 is 0 Å². The summed E-state index contributed by atoms with van der Waals surface area (Å²) in [6.45, 7) is 8.98. The average Bonchev–Trinajstić information content (AvgIpc) is 2.80. The Kier molecular flexibility index (Phi) is 4.26. The maximum Gasteiger partial charge on any atom is 0.183 e. The Bertz CT molecular complexity index is 1090. The third-order valence-corrected chi connectivity index (χ3v) is 6.97. The predicted octanol–water partition coefficient (Wildman–Crippen LogP) is 3.30. The highest BCUT2D eigenvalue weighted by molar-refractivity contribution is 7.92. The number of aryl methyl sites for hydroxylation is 2. The van der Waals surface area contributed by atoms with Crippen molar-refractivity contribution in [1.29, 1.82) is 0 Å². The number of aromatic nitrogens is 4. The fourth-order valence-electron chi connectivity index (χ4n) is 2.71. The van der Waals surface area contributed by atoms with Gasteiger partial charge in [0.2, 0.25) is 0 Å². The van der Waals surface area contributed by atoms with Crippen LogP contribution in [0.3, 0.4) is 0 Å². The molecule has 0 amide bonds. The van der Waals surface area contributed by atoms with E-state index in [2.05, 4.69) is 20.4 Å². The van der Waals surface area contributed by atoms with Crippen molar-refractivity contribution in [3.8, 4) is 0 Å². The van der Waals surface area contributed by atoms with Gasteiger partial charge in [-0.15, -0.1) is 0 Å². The zero-order valence-electron chi connectivity index (χ0n) is 15.8. The first-order valence-corrected chi connectivity index (χ1v) is 9.77. The molecule has 0 aliphatic rings. The van der Waals surface area contributed by atoms with Crippen molar-refractivity contribution < 1.29 is 8.42 Å². The Labute approximate surface area is 153 Å². The number of benzene rings is 1. The summed E-state index contributed by atoms with van der Waals surface area (Å²) in [5, 5.41) is 8.32. The molecule has 0 bridgehead atoms. The molecule has 1 aromatic carbocycles. The van der Waals surface area contributed by atoms with Crippen LogP contribution in [0.2, 0.25) is 0 Å². The zero-order chi connectivity index (χ0) is 19.3. The van der Waals surface area contributed by atoms with Crippen molar-refractivity contribution in [3.05, 3.63) is 35.8 Å². The summed E-state index contributed by atoms with van der Waals surface area (Å²) < 4.78 is 26.5. The standard InChI is InChI=1S/C18H23N5O2S/c1-11-12(2)22-23(6)17(11)21-16-14-9-13(26(24,25)18(3,4)5)7-8-15(14)19-10-20-16/h7-10H,1-6H3,(H,19,20,21). The van der Waals surface area contributed by atoms with Crippen molar-refractivity contribution in [1.82, 2.24) is 19.7 Å². The molecule has 2 heterocycles. The molecule has 138 valence electrons. The summed E-state index contributed by atoms with van der Waals surface area (Å²) in [6.07, 6.45) is 1.46. The van der Waals surface area contributed by atoms with E-state index in [0.29, 0.717) is 16.7 Å². The van der Waals surface area contributed by atoms with Gasteiger partial charge in [-0.2, -0.15) is 5.10 Å². The second kappa shape index (κ2) is 6.05. The number of anilines is 2. The summed E-state index contributed by atoms with van der Waals surface area (Å²) in [5.41, 5.74) is 2.61. The molecule has 26 heavy (non-hydrogen) atoms. The van der Waals surface area contributed by atoms with Crippen molar-refractivity contribution in [2.45, 2.75) is 44.3 Å². The van der Waals surface area contributed by atoms with Crippen LogP contribution in [0.4, 0.5) is 11.6 Å². The number of sulfone groups is 1. The molecular weight excluding hydrogens is 350 g/mol. The molecule has 0 aliphatic carbocycles. The van der Waals surface area contributed by atoms with Gasteiger partial charge in [-0.05, 0) is 52.8 Å². The minimum Gasteiger partial charge on any atom is -0.324 e. The lowest BCUT2D eigenvalue weighted by atomic mass is 10.2. The fraction of sp³-hybridized carbons (Fsp3) is 0.389. The lowest BCUT2D eigenvalue weighted by Crippen LogP contribution is -2.27. The molecule has 0 aliphatic heterocycles. The third kappa shape index (κ3) is 2.94. The second-order valence-electron chi connectivity index (χ2n) is 7.32. The van der Waals surface area contributed by atoms with Gasteiger partial charge in [-0.25, -0.2) is 18.4 Å². The van der Waals surface area contributed by atoms with E-state index in [-0.39, 0.29) is 4.90 Å². The maximum absolute atomic E-state index is 12.8. The Balaban J connectivity index is 2.17. The average molecular weight is 373 g/mol. The Morgan fingerprint density at radius 1 is 1.12 bits per heavy atom. The van der Waals surface area contributed by atoms with Crippen LogP contribution in [0, 0.1) is 13.8 Å². The van der Waals surface area contributed by atoms with Gasteiger partial charge in [0, 0.05) is 18.0 Å². The number of rotatable bonds is 3. The fourth-order valence-corrected chi connectivity index (χ4v) is 3.93. The summed E-state index contributed by atoms with van der Waals surface area (Å²) >= 11 is 0. The van der Waals surface area contributed by atoms with Crippen LogP contribution in [0.5, 0.6) is 0 Å². The molecule has 8 heteroatoms. The largest absolute Gasteiger partial charge is 0.324 e. The van der Waals surface area contributed by atoms with Crippen LogP contribution in [0.1, 0.15) is 32.0 Å². The minimum absolute atomic E-state index is 0.258. The molecule has 1 N–H and O–H groups in total. The van der Waals surface area contributed by atoms with Crippen LogP contribution in [-0.2, 0) is 16.9 Å². The number of nitrogens with zero attached hydrogens (tertiary/aromatic N) is 4. The van der Waals surface area contributed by atoms with Gasteiger partial charge in [0.05, 0.1) is 20.9 Å². The zero-order valence-corrected chi connectivity index (χ0v) is 16.6. The molecule has 3 rings (SSSR count). The van der Waals surface area contributed by atoms with Crippen LogP contribution >= 0.6 is 0 Å². The number of nitrogens with one attached hydrogen (secondary N) is 1. The van der Waals surface area contributed by atoms with Crippen molar-refractivity contribution in [3.63, 3.8) is 0 Å². The Hall–Kier alpha value is -2.48. The third-order valence-electron chi connectivity index (χ3n) is 4.48. The smallest absolute Gasteiger partial charge is 0.183 e. The lowest BCUT2D eigenvalue weighted by molar-refractivity contribution is 0.560. The van der Waals surface area contributed by atoms with Crippen molar-refractivity contribution in [2.24, 2.45) is 7.05 Å². The van der Waals surface area contributed by atoms with Gasteiger partial charge in [0.15, 0.2) is 9.84 Å². The molecule has 0 saturated heterocycles. The first-order valence-electron chi connectivity index (χ1n) is 8.29. The van der Waals surface area contributed by atoms with E-state index in [9.17, 15) is 8.42 Å². The summed E-state index contributed by atoms with van der Waals surface area (Å²) in [5.74, 6) is 1.36. The van der Waals surface area contributed by atoms with Crippen molar-refractivity contribution in [2.75, 3.05) is 5.32 Å². The van der Waals surface area contributed by atoms with E-state index in [0.717, 1.165) is 17.1 Å². The normalized spacial score (nSPS) is 12.5. The molecule has 0 atom stereocenters. The predicted molar refractivity (Wildman–Crippen MR) is 102 cm³/mol. The van der Waals surface area contributed by atoms with Crippen LogP contribution in [0.25, 0.3) is 10.9 Å². The molecule has 0 saturated carbocycles. The maximum atomic E-state index is 12.8. The van der Waals surface area contributed by atoms with Gasteiger partial charge in [-0.1, -0.05) is 0 Å². The summed E-state index contributed by atoms with van der Waals surface area (Å²) in [6, 6.07) is 4.94. The van der Waals surface area contributed by atoms with Gasteiger partial charge in [0.1, 0.15) is 18.0 Å². The van der Waals surface area contributed by atoms with Gasteiger partial charge >= 0.3 is 0 Å². The molecule has 0 spiro atoms. The molecule has 3 aromatic rings. The molecule has 7 nitrogen and oxygen atoms in total. The number of hydrogen-bond acceptors (Lipinski definition) is 6. The van der Waals surface area contributed by atoms with E-state index in [1.165, 1.54) is 6.33 Å². The Morgan fingerprint density at radius 2 is 1.81 bits per heavy atom. The van der Waals surface area contributed by atoms with Gasteiger partial charge < -0.3 is 5.32 Å². The van der Waals surface area contributed by atoms with E-state index in [1.807, 2.05) is 20.9 Å². The van der Waals surface area contributed by atoms with Crippen molar-refractivity contribution >= 4 is 32.4 Å². The van der Waals surface area contributed by atoms with E-state index in [4.69, 9.17) is 0 Å². The molecule has 0 radical (unpaired) electrons. The Morgan fingerprint density at radius 3 is 2.38 bits per heavy atom. The molecule has 0 unspecified atom stereocenters. The number of hydrogen-bond donors (Lipinski definition) is 1. The topological polar surface area (TPSA) is 89.8 Å². The quantitative estimate of drug-likeness (QED) is 0.758. The molecule has 2 aromatic heterocycles. The SMILES string of the molecule is Cc1nn(C)c(Nc2ncnc3ccc(S(=O)(=O)C(C)(C)C)cc23)c1C. The van der Waals surface area contributed by atoms with E-state index in [1.54, 1.807) is 43.7 Å². The van der Waals surface area contributed by atoms with E-state index < -0.39 is 14.6 Å².